The molecule has 0 aliphatic carbocycles. The van der Waals surface area contributed by atoms with Gasteiger partial charge in [0.05, 0.1) is 16.3 Å². The van der Waals surface area contributed by atoms with Crippen molar-refractivity contribution in [2.75, 3.05) is 5.73 Å². The van der Waals surface area contributed by atoms with Crippen molar-refractivity contribution in [2.45, 2.75) is 39.0 Å². The molecular weight excluding hydrogens is 288 g/mol. The maximum absolute atomic E-state index is 11.7. The highest BCUT2D eigenvalue weighted by Gasteiger charge is 2.19. The first-order valence-corrected chi connectivity index (χ1v) is 8.19. The maximum Gasteiger partial charge on any atom is 0.238 e. The summed E-state index contributed by atoms with van der Waals surface area (Å²) < 4.78 is 25.1. The average Bonchev–Trinajstić information content (AvgIpc) is 2.65. The number of aromatic nitrogens is 2. The van der Waals surface area contributed by atoms with E-state index in [1.807, 2.05) is 13.8 Å². The summed E-state index contributed by atoms with van der Waals surface area (Å²) in [5.41, 5.74) is 10.4. The van der Waals surface area contributed by atoms with Gasteiger partial charge in [0.1, 0.15) is 0 Å². The molecule has 0 aliphatic rings. The molecule has 1 aromatic carbocycles. The molecule has 1 aromatic heterocycles. The molecule has 1 heterocycles. The van der Waals surface area contributed by atoms with Crippen molar-refractivity contribution in [3.8, 4) is 5.69 Å². The molecule has 0 fully saturated rings. The molecule has 0 bridgehead atoms. The fraction of sp³-hybridized carbons (Fsp3) is 0.357. The van der Waals surface area contributed by atoms with Gasteiger partial charge < -0.3 is 5.73 Å². The summed E-state index contributed by atoms with van der Waals surface area (Å²) in [6.07, 6.45) is 0.862. The molecule has 21 heavy (non-hydrogen) atoms. The number of rotatable bonds is 3. The summed E-state index contributed by atoms with van der Waals surface area (Å²) in [6, 6.07) is 3.09. The molecule has 0 spiro atoms. The van der Waals surface area contributed by atoms with E-state index < -0.39 is 10.0 Å². The number of hydrogen-bond donors (Lipinski definition) is 2. The molecule has 6 nitrogen and oxygen atoms in total. The standard InChI is InChI=1S/C14H20N4O2S/c1-5-12-9(3)17-18(10(12)4)13-6-11(15)7-14(8(13)2)21(16,19)20/h6-7H,5,15H2,1-4H3,(H2,16,19,20). The second-order valence-corrected chi connectivity index (χ2v) is 6.65. The zero-order chi connectivity index (χ0) is 15.9. The molecule has 2 aromatic rings. The van der Waals surface area contributed by atoms with E-state index in [0.29, 0.717) is 16.9 Å². The first-order valence-electron chi connectivity index (χ1n) is 6.65. The molecule has 7 heteroatoms. The second kappa shape index (κ2) is 5.16. The van der Waals surface area contributed by atoms with Crippen LogP contribution in [0.4, 0.5) is 5.69 Å². The quantitative estimate of drug-likeness (QED) is 0.840. The number of anilines is 1. The van der Waals surface area contributed by atoms with E-state index >= 15 is 0 Å². The molecule has 0 amide bonds. The van der Waals surface area contributed by atoms with E-state index in [0.717, 1.165) is 23.4 Å². The molecule has 0 aliphatic heterocycles. The van der Waals surface area contributed by atoms with E-state index in [2.05, 4.69) is 12.0 Å². The Morgan fingerprint density at radius 2 is 1.86 bits per heavy atom. The number of nitrogen functional groups attached to an aromatic ring is 1. The van der Waals surface area contributed by atoms with Gasteiger partial charge >= 0.3 is 0 Å². The first kappa shape index (κ1) is 15.5. The van der Waals surface area contributed by atoms with Crippen molar-refractivity contribution in [1.29, 1.82) is 0 Å². The molecule has 0 unspecified atom stereocenters. The Bertz CT molecular complexity index is 807. The minimum absolute atomic E-state index is 0.0306. The van der Waals surface area contributed by atoms with Crippen LogP contribution >= 0.6 is 0 Å². The van der Waals surface area contributed by atoms with Gasteiger partial charge in [-0.3, -0.25) is 0 Å². The van der Waals surface area contributed by atoms with E-state index in [-0.39, 0.29) is 4.90 Å². The monoisotopic (exact) mass is 308 g/mol. The fourth-order valence-corrected chi connectivity index (χ4v) is 3.46. The summed E-state index contributed by atoms with van der Waals surface area (Å²) >= 11 is 0. The summed E-state index contributed by atoms with van der Waals surface area (Å²) in [6.45, 7) is 7.66. The number of hydrogen-bond acceptors (Lipinski definition) is 4. The Morgan fingerprint density at radius 1 is 1.24 bits per heavy atom. The molecule has 0 radical (unpaired) electrons. The lowest BCUT2D eigenvalue weighted by molar-refractivity contribution is 0.597. The molecule has 4 N–H and O–H groups in total. The Kier molecular flexibility index (Phi) is 3.81. The van der Waals surface area contributed by atoms with Crippen LogP contribution in [0.1, 0.15) is 29.4 Å². The van der Waals surface area contributed by atoms with Crippen LogP contribution in [0.5, 0.6) is 0 Å². The van der Waals surface area contributed by atoms with Gasteiger partial charge in [-0.1, -0.05) is 6.92 Å². The lowest BCUT2D eigenvalue weighted by Crippen LogP contribution is -2.16. The van der Waals surface area contributed by atoms with Crippen LogP contribution in [0.15, 0.2) is 17.0 Å². The maximum atomic E-state index is 11.7. The van der Waals surface area contributed by atoms with Gasteiger partial charge in [0.15, 0.2) is 0 Å². The zero-order valence-corrected chi connectivity index (χ0v) is 13.5. The summed E-state index contributed by atoms with van der Waals surface area (Å²) in [4.78, 5) is 0.0306. The molecule has 0 atom stereocenters. The predicted molar refractivity (Wildman–Crippen MR) is 82.9 cm³/mol. The van der Waals surface area contributed by atoms with Crippen LogP contribution in [-0.2, 0) is 16.4 Å². The van der Waals surface area contributed by atoms with Crippen LogP contribution in [0, 0.1) is 20.8 Å². The Hall–Kier alpha value is -1.86. The Labute approximate surface area is 124 Å². The third-order valence-corrected chi connectivity index (χ3v) is 4.72. The number of benzene rings is 1. The minimum Gasteiger partial charge on any atom is -0.399 e. The molecule has 0 saturated carbocycles. The van der Waals surface area contributed by atoms with Gasteiger partial charge in [-0.05, 0) is 50.5 Å². The van der Waals surface area contributed by atoms with Gasteiger partial charge in [-0.25, -0.2) is 18.2 Å². The van der Waals surface area contributed by atoms with Crippen molar-refractivity contribution >= 4 is 15.7 Å². The van der Waals surface area contributed by atoms with Crippen molar-refractivity contribution in [3.05, 3.63) is 34.6 Å². The number of nitrogens with two attached hydrogens (primary N) is 2. The first-order chi connectivity index (χ1) is 9.66. The number of nitrogens with zero attached hydrogens (tertiary/aromatic N) is 2. The highest BCUT2D eigenvalue weighted by molar-refractivity contribution is 7.89. The van der Waals surface area contributed by atoms with Gasteiger partial charge in [0.25, 0.3) is 0 Å². The van der Waals surface area contributed by atoms with Crippen molar-refractivity contribution in [3.63, 3.8) is 0 Å². The summed E-state index contributed by atoms with van der Waals surface area (Å²) in [5, 5.41) is 9.76. The number of aryl methyl sites for hydroxylation is 1. The number of sulfonamides is 1. The van der Waals surface area contributed by atoms with Crippen LogP contribution in [0.2, 0.25) is 0 Å². The van der Waals surface area contributed by atoms with Gasteiger partial charge in [-0.2, -0.15) is 5.10 Å². The van der Waals surface area contributed by atoms with Gasteiger partial charge in [-0.15, -0.1) is 0 Å². The Balaban J connectivity index is 2.80. The lowest BCUT2D eigenvalue weighted by atomic mass is 10.1. The van der Waals surface area contributed by atoms with Gasteiger partial charge in [0, 0.05) is 11.4 Å². The smallest absolute Gasteiger partial charge is 0.238 e. The van der Waals surface area contributed by atoms with Crippen molar-refractivity contribution in [1.82, 2.24) is 9.78 Å². The lowest BCUT2D eigenvalue weighted by Gasteiger charge is -2.13. The van der Waals surface area contributed by atoms with Crippen LogP contribution in [0.3, 0.4) is 0 Å². The van der Waals surface area contributed by atoms with Crippen LogP contribution in [-0.4, -0.2) is 18.2 Å². The van der Waals surface area contributed by atoms with Gasteiger partial charge in [0.2, 0.25) is 10.0 Å². The third-order valence-electron chi connectivity index (χ3n) is 3.68. The van der Waals surface area contributed by atoms with Crippen LogP contribution < -0.4 is 10.9 Å². The van der Waals surface area contributed by atoms with Crippen molar-refractivity contribution in [2.24, 2.45) is 5.14 Å². The number of primary sulfonamides is 1. The highest BCUT2D eigenvalue weighted by atomic mass is 32.2. The molecule has 114 valence electrons. The molecular formula is C14H20N4O2S. The second-order valence-electron chi connectivity index (χ2n) is 5.12. The van der Waals surface area contributed by atoms with E-state index in [4.69, 9.17) is 10.9 Å². The van der Waals surface area contributed by atoms with E-state index in [9.17, 15) is 8.42 Å². The molecule has 0 saturated heterocycles. The Morgan fingerprint density at radius 3 is 2.33 bits per heavy atom. The normalized spacial score (nSPS) is 11.9. The predicted octanol–water partition coefficient (Wildman–Crippen LogP) is 1.59. The summed E-state index contributed by atoms with van der Waals surface area (Å²) in [7, 11) is -3.83. The zero-order valence-electron chi connectivity index (χ0n) is 12.6. The summed E-state index contributed by atoms with van der Waals surface area (Å²) in [5.74, 6) is 0. The minimum atomic E-state index is -3.83. The van der Waals surface area contributed by atoms with Crippen LogP contribution in [0.25, 0.3) is 5.69 Å². The van der Waals surface area contributed by atoms with Crippen molar-refractivity contribution < 1.29 is 8.42 Å². The topological polar surface area (TPSA) is 104 Å². The largest absolute Gasteiger partial charge is 0.399 e. The fourth-order valence-electron chi connectivity index (χ4n) is 2.63. The average molecular weight is 308 g/mol. The van der Waals surface area contributed by atoms with E-state index in [1.54, 1.807) is 17.7 Å². The molecule has 2 rings (SSSR count). The van der Waals surface area contributed by atoms with E-state index in [1.165, 1.54) is 6.07 Å². The third kappa shape index (κ3) is 2.66. The SMILES string of the molecule is CCc1c(C)nn(-c2cc(N)cc(S(N)(=O)=O)c2C)c1C. The highest BCUT2D eigenvalue weighted by Crippen LogP contribution is 2.27.